The molecular weight excluding hydrogens is 352 g/mol. The van der Waals surface area contributed by atoms with Gasteiger partial charge in [0.2, 0.25) is 0 Å². The van der Waals surface area contributed by atoms with E-state index in [1.807, 2.05) is 42.5 Å². The fraction of sp³-hybridized carbons (Fsp3) is 0.105. The molecule has 114 valence electrons. The number of hydrazone groups is 1. The number of furan rings is 1. The first-order valence-electron chi connectivity index (χ1n) is 7.52. The van der Waals surface area contributed by atoms with E-state index in [9.17, 15) is 0 Å². The van der Waals surface area contributed by atoms with E-state index >= 15 is 0 Å². The van der Waals surface area contributed by atoms with Crippen molar-refractivity contribution in [3.8, 4) is 0 Å². The third-order valence-corrected chi connectivity index (χ3v) is 4.51. The molecule has 3 aromatic rings. The van der Waals surface area contributed by atoms with Gasteiger partial charge in [0.25, 0.3) is 0 Å². The Labute approximate surface area is 143 Å². The molecule has 3 nitrogen and oxygen atoms in total. The maximum Gasteiger partial charge on any atom is 0.128 e. The molecule has 0 N–H and O–H groups in total. The lowest BCUT2D eigenvalue weighted by Gasteiger charge is -2.21. The molecule has 4 rings (SSSR count). The second-order valence-corrected chi connectivity index (χ2v) is 6.38. The molecule has 1 aliphatic heterocycles. The molecule has 0 radical (unpaired) electrons. The fourth-order valence-electron chi connectivity index (χ4n) is 2.85. The minimum Gasteiger partial charge on any atom is -0.467 e. The van der Waals surface area contributed by atoms with E-state index in [4.69, 9.17) is 9.52 Å². The van der Waals surface area contributed by atoms with Crippen molar-refractivity contribution in [2.75, 3.05) is 5.01 Å². The van der Waals surface area contributed by atoms with E-state index in [-0.39, 0.29) is 6.04 Å². The minimum absolute atomic E-state index is 0.0889. The third kappa shape index (κ3) is 2.82. The Morgan fingerprint density at radius 3 is 2.43 bits per heavy atom. The number of anilines is 1. The van der Waals surface area contributed by atoms with Crippen molar-refractivity contribution < 1.29 is 4.42 Å². The lowest BCUT2D eigenvalue weighted by Crippen LogP contribution is -2.17. The molecule has 1 aromatic heterocycles. The topological polar surface area (TPSA) is 28.7 Å². The summed E-state index contributed by atoms with van der Waals surface area (Å²) in [5.41, 5.74) is 3.28. The molecule has 2 heterocycles. The monoisotopic (exact) mass is 366 g/mol. The standard InChI is InChI=1S/C19H15BrN2O/c20-15-10-8-14(9-11-15)17-13-18(19-7-4-12-23-19)22(21-17)16-5-2-1-3-6-16/h1-12,18H,13H2. The van der Waals surface area contributed by atoms with Crippen LogP contribution in [-0.2, 0) is 0 Å². The summed E-state index contributed by atoms with van der Waals surface area (Å²) >= 11 is 3.48. The Bertz CT molecular complexity index is 810. The lowest BCUT2D eigenvalue weighted by atomic mass is 10.0. The minimum atomic E-state index is 0.0889. The van der Waals surface area contributed by atoms with Crippen LogP contribution in [0.1, 0.15) is 23.8 Å². The smallest absolute Gasteiger partial charge is 0.128 e. The predicted octanol–water partition coefficient (Wildman–Crippen LogP) is 5.40. The average molecular weight is 367 g/mol. The molecule has 0 saturated carbocycles. The van der Waals surface area contributed by atoms with E-state index in [1.165, 1.54) is 0 Å². The Kier molecular flexibility index (Phi) is 3.75. The van der Waals surface area contributed by atoms with Crippen molar-refractivity contribution in [3.63, 3.8) is 0 Å². The highest BCUT2D eigenvalue weighted by Crippen LogP contribution is 2.36. The molecular formula is C19H15BrN2O. The number of nitrogens with zero attached hydrogens (tertiary/aromatic N) is 2. The van der Waals surface area contributed by atoms with Crippen LogP contribution < -0.4 is 5.01 Å². The van der Waals surface area contributed by atoms with Gasteiger partial charge < -0.3 is 4.42 Å². The van der Waals surface area contributed by atoms with Crippen molar-refractivity contribution in [1.82, 2.24) is 0 Å². The van der Waals surface area contributed by atoms with Gasteiger partial charge in [-0.15, -0.1) is 0 Å². The van der Waals surface area contributed by atoms with Crippen molar-refractivity contribution in [1.29, 1.82) is 0 Å². The second kappa shape index (κ2) is 6.05. The maximum atomic E-state index is 5.65. The summed E-state index contributed by atoms with van der Waals surface area (Å²) < 4.78 is 6.72. The number of para-hydroxylation sites is 1. The Morgan fingerprint density at radius 2 is 1.74 bits per heavy atom. The quantitative estimate of drug-likeness (QED) is 0.620. The van der Waals surface area contributed by atoms with Gasteiger partial charge in [0.1, 0.15) is 11.8 Å². The molecule has 1 atom stereocenters. The maximum absolute atomic E-state index is 5.65. The van der Waals surface area contributed by atoms with E-state index < -0.39 is 0 Å². The lowest BCUT2D eigenvalue weighted by molar-refractivity contribution is 0.465. The van der Waals surface area contributed by atoms with Gasteiger partial charge in [-0.3, -0.25) is 5.01 Å². The van der Waals surface area contributed by atoms with Crippen LogP contribution in [0, 0.1) is 0 Å². The summed E-state index contributed by atoms with van der Waals surface area (Å²) in [5, 5.41) is 6.92. The normalized spacial score (nSPS) is 17.3. The van der Waals surface area contributed by atoms with Crippen molar-refractivity contribution in [2.45, 2.75) is 12.5 Å². The molecule has 0 amide bonds. The van der Waals surface area contributed by atoms with Crippen LogP contribution in [0.25, 0.3) is 0 Å². The highest BCUT2D eigenvalue weighted by molar-refractivity contribution is 9.10. The fourth-order valence-corrected chi connectivity index (χ4v) is 3.11. The van der Waals surface area contributed by atoms with Crippen LogP contribution in [0.4, 0.5) is 5.69 Å². The predicted molar refractivity (Wildman–Crippen MR) is 95.7 cm³/mol. The molecule has 0 spiro atoms. The number of rotatable bonds is 3. The van der Waals surface area contributed by atoms with E-state index in [2.05, 4.69) is 45.2 Å². The second-order valence-electron chi connectivity index (χ2n) is 5.47. The Balaban J connectivity index is 1.73. The summed E-state index contributed by atoms with van der Waals surface area (Å²) in [6.45, 7) is 0. The number of benzene rings is 2. The highest BCUT2D eigenvalue weighted by Gasteiger charge is 2.31. The zero-order valence-electron chi connectivity index (χ0n) is 12.4. The molecule has 0 fully saturated rings. The van der Waals surface area contributed by atoms with E-state index in [1.54, 1.807) is 6.26 Å². The summed E-state index contributed by atoms with van der Waals surface area (Å²) in [6, 6.07) is 22.5. The summed E-state index contributed by atoms with van der Waals surface area (Å²) in [4.78, 5) is 0. The van der Waals surface area contributed by atoms with E-state index in [0.29, 0.717) is 0 Å². The van der Waals surface area contributed by atoms with Gasteiger partial charge in [0, 0.05) is 10.9 Å². The Morgan fingerprint density at radius 1 is 0.957 bits per heavy atom. The van der Waals surface area contributed by atoms with Crippen LogP contribution in [0.2, 0.25) is 0 Å². The molecule has 0 aliphatic carbocycles. The zero-order chi connectivity index (χ0) is 15.6. The van der Waals surface area contributed by atoms with Gasteiger partial charge in [-0.05, 0) is 42.0 Å². The molecule has 4 heteroatoms. The first-order valence-corrected chi connectivity index (χ1v) is 8.32. The van der Waals surface area contributed by atoms with Gasteiger partial charge in [0.15, 0.2) is 0 Å². The third-order valence-electron chi connectivity index (χ3n) is 3.98. The average Bonchev–Trinajstić information content (AvgIpc) is 3.26. The van der Waals surface area contributed by atoms with Crippen LogP contribution in [-0.4, -0.2) is 5.71 Å². The van der Waals surface area contributed by atoms with Gasteiger partial charge in [-0.2, -0.15) is 5.10 Å². The molecule has 1 aliphatic rings. The first kappa shape index (κ1) is 14.3. The number of halogens is 1. The number of hydrogen-bond donors (Lipinski definition) is 0. The summed E-state index contributed by atoms with van der Waals surface area (Å²) in [6.07, 6.45) is 2.54. The van der Waals surface area contributed by atoms with Gasteiger partial charge >= 0.3 is 0 Å². The summed E-state index contributed by atoms with van der Waals surface area (Å²) in [5.74, 6) is 0.935. The van der Waals surface area contributed by atoms with Crippen LogP contribution in [0.15, 0.2) is 87.0 Å². The van der Waals surface area contributed by atoms with Gasteiger partial charge in [-0.25, -0.2) is 0 Å². The zero-order valence-corrected chi connectivity index (χ0v) is 14.0. The highest BCUT2D eigenvalue weighted by atomic mass is 79.9. The molecule has 0 saturated heterocycles. The van der Waals surface area contributed by atoms with Crippen molar-refractivity contribution >= 4 is 27.3 Å². The molecule has 0 bridgehead atoms. The first-order chi connectivity index (χ1) is 11.3. The van der Waals surface area contributed by atoms with Crippen LogP contribution >= 0.6 is 15.9 Å². The van der Waals surface area contributed by atoms with Crippen molar-refractivity contribution in [2.24, 2.45) is 5.10 Å². The molecule has 2 aromatic carbocycles. The molecule has 23 heavy (non-hydrogen) atoms. The largest absolute Gasteiger partial charge is 0.467 e. The van der Waals surface area contributed by atoms with Gasteiger partial charge in [0.05, 0.1) is 17.7 Å². The Hall–Kier alpha value is -2.33. The van der Waals surface area contributed by atoms with Crippen LogP contribution in [0.3, 0.4) is 0 Å². The van der Waals surface area contributed by atoms with Gasteiger partial charge in [-0.1, -0.05) is 46.3 Å². The van der Waals surface area contributed by atoms with Crippen LogP contribution in [0.5, 0.6) is 0 Å². The van der Waals surface area contributed by atoms with Crippen molar-refractivity contribution in [3.05, 3.63) is 88.8 Å². The van der Waals surface area contributed by atoms with E-state index in [0.717, 1.165) is 33.6 Å². The molecule has 1 unspecified atom stereocenters. The summed E-state index contributed by atoms with van der Waals surface area (Å²) in [7, 11) is 0. The SMILES string of the molecule is Brc1ccc(C2=NN(c3ccccc3)C(c3ccco3)C2)cc1. The number of hydrogen-bond acceptors (Lipinski definition) is 3.